The lowest BCUT2D eigenvalue weighted by Gasteiger charge is -2.24. The summed E-state index contributed by atoms with van der Waals surface area (Å²) in [5, 5.41) is 11.2. The molecule has 1 fully saturated rings. The van der Waals surface area contributed by atoms with E-state index < -0.39 is 12.1 Å². The van der Waals surface area contributed by atoms with Crippen LogP contribution in [0.25, 0.3) is 22.2 Å². The van der Waals surface area contributed by atoms with Crippen LogP contribution in [0.3, 0.4) is 0 Å². The number of nitrogens with zero attached hydrogens (tertiary/aromatic N) is 2. The molecular formula is C25H26ClN5O4. The number of ketones is 2. The molecule has 3 aromatic rings. The lowest BCUT2D eigenvalue weighted by atomic mass is 9.87. The first-order valence-corrected chi connectivity index (χ1v) is 11.7. The Bertz CT molecular complexity index is 1330. The maximum Gasteiger partial charge on any atom is 0.243 e. The standard InChI is InChI=1S/C14H7ClN2O.C11H19N3O3/c15-9-5-1-3-7-11(9)14(18)8-4-2-6-10-12(8)13(7)17-16-10;1-7(8(2)15)13-11(17)9-4-3-5-14(9)10(16)6-12/h1-6H,(H,16,17);7,9H,3-6,12H2,1-2H3,(H,13,17)/t;7-,9?/m.0/s1. The van der Waals surface area contributed by atoms with E-state index in [9.17, 15) is 19.2 Å². The second-order valence-corrected chi connectivity index (χ2v) is 8.99. The molecule has 2 amide bonds. The van der Waals surface area contributed by atoms with Gasteiger partial charge < -0.3 is 16.0 Å². The van der Waals surface area contributed by atoms with E-state index >= 15 is 0 Å². The predicted molar refractivity (Wildman–Crippen MR) is 132 cm³/mol. The predicted octanol–water partition coefficient (Wildman–Crippen LogP) is 2.46. The maximum absolute atomic E-state index is 12.5. The molecule has 2 heterocycles. The zero-order valence-corrected chi connectivity index (χ0v) is 20.2. The average Bonchev–Trinajstić information content (AvgIpc) is 3.50. The Balaban J connectivity index is 0.000000166. The van der Waals surface area contributed by atoms with Gasteiger partial charge in [0, 0.05) is 23.1 Å². The number of benzene rings is 2. The van der Waals surface area contributed by atoms with Gasteiger partial charge in [-0.3, -0.25) is 24.3 Å². The molecule has 182 valence electrons. The second kappa shape index (κ2) is 9.97. The molecular weight excluding hydrogens is 470 g/mol. The molecule has 1 aromatic heterocycles. The Labute approximate surface area is 207 Å². The number of carbonyl (C=O) groups excluding carboxylic acids is 4. The Morgan fingerprint density at radius 3 is 2.66 bits per heavy atom. The molecule has 9 nitrogen and oxygen atoms in total. The fourth-order valence-electron chi connectivity index (χ4n) is 4.41. The third-order valence-electron chi connectivity index (χ3n) is 6.35. The van der Waals surface area contributed by atoms with Gasteiger partial charge in [-0.05, 0) is 38.8 Å². The van der Waals surface area contributed by atoms with Gasteiger partial charge in [0.2, 0.25) is 11.8 Å². The fourth-order valence-corrected chi connectivity index (χ4v) is 4.67. The van der Waals surface area contributed by atoms with E-state index in [1.54, 1.807) is 13.0 Å². The number of halogens is 1. The number of nitrogens with two attached hydrogens (primary N) is 1. The lowest BCUT2D eigenvalue weighted by Crippen LogP contribution is -2.50. The highest BCUT2D eigenvalue weighted by atomic mass is 35.5. The Morgan fingerprint density at radius 1 is 1.23 bits per heavy atom. The van der Waals surface area contributed by atoms with Crippen molar-refractivity contribution in [2.75, 3.05) is 13.1 Å². The molecule has 2 aromatic carbocycles. The van der Waals surface area contributed by atoms with Crippen molar-refractivity contribution in [1.29, 1.82) is 0 Å². The Hall–Kier alpha value is -3.56. The van der Waals surface area contributed by atoms with E-state index in [2.05, 4.69) is 15.5 Å². The number of hydrogen-bond acceptors (Lipinski definition) is 6. The van der Waals surface area contributed by atoms with Gasteiger partial charge >= 0.3 is 0 Å². The lowest BCUT2D eigenvalue weighted by molar-refractivity contribution is -0.138. The van der Waals surface area contributed by atoms with Crippen LogP contribution in [0, 0.1) is 0 Å². The second-order valence-electron chi connectivity index (χ2n) is 8.58. The van der Waals surface area contributed by atoms with Crippen molar-refractivity contribution >= 4 is 45.9 Å². The van der Waals surface area contributed by atoms with Gasteiger partial charge in [0.25, 0.3) is 0 Å². The van der Waals surface area contributed by atoms with Crippen molar-refractivity contribution < 1.29 is 19.2 Å². The molecule has 35 heavy (non-hydrogen) atoms. The van der Waals surface area contributed by atoms with Crippen LogP contribution < -0.4 is 11.1 Å². The van der Waals surface area contributed by atoms with Gasteiger partial charge in [0.1, 0.15) is 11.7 Å². The summed E-state index contributed by atoms with van der Waals surface area (Å²) >= 11 is 6.15. The molecule has 2 aliphatic rings. The van der Waals surface area contributed by atoms with E-state index in [4.69, 9.17) is 17.3 Å². The number of aromatic amines is 1. The van der Waals surface area contributed by atoms with Crippen LogP contribution in [0.1, 0.15) is 42.6 Å². The average molecular weight is 496 g/mol. The van der Waals surface area contributed by atoms with Crippen molar-refractivity contribution in [2.24, 2.45) is 5.73 Å². The number of carbonyl (C=O) groups is 4. The van der Waals surface area contributed by atoms with Crippen molar-refractivity contribution in [3.63, 3.8) is 0 Å². The third kappa shape index (κ3) is 4.56. The first-order chi connectivity index (χ1) is 16.7. The summed E-state index contributed by atoms with van der Waals surface area (Å²) in [7, 11) is 0. The largest absolute Gasteiger partial charge is 0.345 e. The minimum atomic E-state index is -0.516. The summed E-state index contributed by atoms with van der Waals surface area (Å²) < 4.78 is 0. The number of H-pyrrole nitrogens is 1. The van der Waals surface area contributed by atoms with Crippen LogP contribution in [0.2, 0.25) is 5.02 Å². The van der Waals surface area contributed by atoms with Crippen LogP contribution in [-0.2, 0) is 14.4 Å². The molecule has 0 bridgehead atoms. The maximum atomic E-state index is 12.5. The van der Waals surface area contributed by atoms with E-state index in [1.807, 2.05) is 30.3 Å². The third-order valence-corrected chi connectivity index (χ3v) is 6.66. The van der Waals surface area contributed by atoms with Crippen molar-refractivity contribution in [1.82, 2.24) is 20.4 Å². The normalized spacial score (nSPS) is 16.9. The van der Waals surface area contributed by atoms with Gasteiger partial charge in [-0.1, -0.05) is 35.9 Å². The number of aromatic nitrogens is 2. The molecule has 2 atom stereocenters. The van der Waals surface area contributed by atoms with E-state index in [1.165, 1.54) is 11.8 Å². The van der Waals surface area contributed by atoms with E-state index in [0.717, 1.165) is 28.6 Å². The molecule has 0 radical (unpaired) electrons. The van der Waals surface area contributed by atoms with Gasteiger partial charge in [-0.2, -0.15) is 5.10 Å². The first-order valence-electron chi connectivity index (χ1n) is 11.4. The highest BCUT2D eigenvalue weighted by Crippen LogP contribution is 2.40. The first kappa shape index (κ1) is 24.6. The highest BCUT2D eigenvalue weighted by Gasteiger charge is 2.34. The van der Waals surface area contributed by atoms with E-state index in [-0.39, 0.29) is 29.9 Å². The van der Waals surface area contributed by atoms with E-state index in [0.29, 0.717) is 29.1 Å². The minimum absolute atomic E-state index is 0.0323. The Kier molecular flexibility index (Phi) is 7.00. The van der Waals surface area contributed by atoms with Crippen LogP contribution in [-0.4, -0.2) is 63.7 Å². The quantitative estimate of drug-likeness (QED) is 0.397. The summed E-state index contributed by atoms with van der Waals surface area (Å²) in [6, 6.07) is 10.0. The molecule has 0 spiro atoms. The molecule has 1 unspecified atom stereocenters. The smallest absolute Gasteiger partial charge is 0.243 e. The number of hydrogen-bond donors (Lipinski definition) is 3. The molecule has 10 heteroatoms. The highest BCUT2D eigenvalue weighted by molar-refractivity contribution is 6.38. The zero-order valence-electron chi connectivity index (χ0n) is 19.4. The molecule has 0 saturated carbocycles. The van der Waals surface area contributed by atoms with Crippen LogP contribution in [0.4, 0.5) is 0 Å². The number of likely N-dealkylation sites (tertiary alicyclic amines) is 1. The number of fused-ring (bicyclic) bond motifs is 2. The van der Waals surface area contributed by atoms with Crippen LogP contribution in [0.5, 0.6) is 0 Å². The Morgan fingerprint density at radius 2 is 1.94 bits per heavy atom. The number of nitrogens with one attached hydrogen (secondary N) is 2. The number of rotatable bonds is 4. The summed E-state index contributed by atoms with van der Waals surface area (Å²) in [6.07, 6.45) is 1.42. The molecule has 1 aliphatic carbocycles. The SMILES string of the molecule is CC(=O)[C@H](C)NC(=O)C1CCCN1C(=O)CN.O=C1c2c(Cl)cccc2-c2n[nH]c3cccc1c23. The molecule has 1 saturated heterocycles. The molecule has 4 N–H and O–H groups in total. The van der Waals surface area contributed by atoms with Crippen LogP contribution in [0.15, 0.2) is 36.4 Å². The zero-order chi connectivity index (χ0) is 25.3. The molecule has 1 aliphatic heterocycles. The monoisotopic (exact) mass is 495 g/mol. The summed E-state index contributed by atoms with van der Waals surface area (Å²) in [4.78, 5) is 48.4. The number of Topliss-reactive ketones (excluding diaryl/α,β-unsaturated/α-hetero) is 1. The summed E-state index contributed by atoms with van der Waals surface area (Å²) in [5.74, 6) is -0.631. The van der Waals surface area contributed by atoms with Gasteiger partial charge in [-0.15, -0.1) is 0 Å². The fraction of sp³-hybridized carbons (Fsp3) is 0.320. The van der Waals surface area contributed by atoms with Gasteiger partial charge in [0.05, 0.1) is 28.7 Å². The van der Waals surface area contributed by atoms with Crippen molar-refractivity contribution in [3.8, 4) is 11.3 Å². The minimum Gasteiger partial charge on any atom is -0.345 e. The summed E-state index contributed by atoms with van der Waals surface area (Å²) in [6.45, 7) is 3.52. The van der Waals surface area contributed by atoms with Gasteiger partial charge in [-0.25, -0.2) is 0 Å². The topological polar surface area (TPSA) is 138 Å². The summed E-state index contributed by atoms with van der Waals surface area (Å²) in [5.41, 5.74) is 8.98. The van der Waals surface area contributed by atoms with Crippen molar-refractivity contribution in [2.45, 2.75) is 38.8 Å². The molecule has 5 rings (SSSR count). The van der Waals surface area contributed by atoms with Crippen molar-refractivity contribution in [3.05, 3.63) is 52.5 Å². The van der Waals surface area contributed by atoms with Gasteiger partial charge in [0.15, 0.2) is 11.6 Å². The van der Waals surface area contributed by atoms with Crippen LogP contribution >= 0.6 is 11.6 Å². The number of amides is 2.